The van der Waals surface area contributed by atoms with E-state index in [1.54, 1.807) is 36.4 Å². The van der Waals surface area contributed by atoms with Crippen LogP contribution in [0.4, 0.5) is 5.69 Å². The molecule has 0 radical (unpaired) electrons. The number of carbonyl (C=O) groups is 1. The Hall–Kier alpha value is -2.25. The van der Waals surface area contributed by atoms with Crippen LogP contribution >= 0.6 is 11.6 Å². The van der Waals surface area contributed by atoms with Crippen molar-refractivity contribution < 1.29 is 17.9 Å². The molecule has 0 saturated heterocycles. The monoisotopic (exact) mass is 438 g/mol. The molecule has 0 aromatic heterocycles. The summed E-state index contributed by atoms with van der Waals surface area (Å²) in [5, 5.41) is 3.45. The molecule has 2 aromatic carbocycles. The number of carbonyl (C=O) groups excluding carboxylic acids is 1. The molecule has 1 atom stereocenters. The van der Waals surface area contributed by atoms with E-state index in [4.69, 9.17) is 16.3 Å². The number of nitrogens with one attached hydrogen (secondary N) is 2. The van der Waals surface area contributed by atoms with Crippen LogP contribution in [0.5, 0.6) is 5.75 Å². The van der Waals surface area contributed by atoms with E-state index in [-0.39, 0.29) is 24.0 Å². The van der Waals surface area contributed by atoms with Crippen LogP contribution in [-0.2, 0) is 20.2 Å². The highest BCUT2D eigenvalue weighted by Crippen LogP contribution is 2.32. The third-order valence-corrected chi connectivity index (χ3v) is 5.13. The van der Waals surface area contributed by atoms with E-state index >= 15 is 0 Å². The standard InChI is InChI=1S/C21H27ClN2O4S/c1-14(15-6-8-16(9-7-15)24-29(5,26)27)23-20(25)13-28-17-10-11-18(19(22)12-17)21(2,3)4/h6-12,14,24H,13H2,1-5H3,(H,23,25)/t14-/m1/s1. The Morgan fingerprint density at radius 1 is 1.14 bits per heavy atom. The molecule has 0 heterocycles. The normalized spacial score (nSPS) is 12.9. The molecule has 0 fully saturated rings. The molecule has 158 valence electrons. The number of amides is 1. The van der Waals surface area contributed by atoms with Gasteiger partial charge in [0.1, 0.15) is 5.75 Å². The van der Waals surface area contributed by atoms with E-state index < -0.39 is 10.0 Å². The highest BCUT2D eigenvalue weighted by molar-refractivity contribution is 7.92. The summed E-state index contributed by atoms with van der Waals surface area (Å²) in [7, 11) is -3.32. The fourth-order valence-electron chi connectivity index (χ4n) is 2.76. The average Bonchev–Trinajstić information content (AvgIpc) is 2.58. The highest BCUT2D eigenvalue weighted by atomic mass is 35.5. The van der Waals surface area contributed by atoms with Gasteiger partial charge in [-0.1, -0.05) is 50.6 Å². The smallest absolute Gasteiger partial charge is 0.258 e. The summed E-state index contributed by atoms with van der Waals surface area (Å²) in [6.45, 7) is 7.93. The van der Waals surface area contributed by atoms with Crippen LogP contribution in [0.15, 0.2) is 42.5 Å². The molecule has 0 spiro atoms. The van der Waals surface area contributed by atoms with Crippen molar-refractivity contribution in [1.29, 1.82) is 0 Å². The van der Waals surface area contributed by atoms with Crippen LogP contribution in [0.3, 0.4) is 0 Å². The molecular weight excluding hydrogens is 412 g/mol. The van der Waals surface area contributed by atoms with E-state index in [0.717, 1.165) is 17.4 Å². The van der Waals surface area contributed by atoms with Crippen LogP contribution < -0.4 is 14.8 Å². The number of anilines is 1. The van der Waals surface area contributed by atoms with Crippen molar-refractivity contribution in [2.24, 2.45) is 0 Å². The predicted octanol–water partition coefficient (Wildman–Crippen LogP) is 4.27. The van der Waals surface area contributed by atoms with Crippen LogP contribution in [0, 0.1) is 0 Å². The quantitative estimate of drug-likeness (QED) is 0.676. The molecule has 0 bridgehead atoms. The molecule has 0 aliphatic rings. The lowest BCUT2D eigenvalue weighted by atomic mass is 9.87. The Kier molecular flexibility index (Phi) is 7.19. The van der Waals surface area contributed by atoms with Gasteiger partial charge in [0.05, 0.1) is 12.3 Å². The van der Waals surface area contributed by atoms with Gasteiger partial charge in [-0.15, -0.1) is 0 Å². The molecule has 2 rings (SSSR count). The van der Waals surface area contributed by atoms with Gasteiger partial charge in [0.15, 0.2) is 6.61 Å². The van der Waals surface area contributed by atoms with E-state index in [0.29, 0.717) is 16.5 Å². The van der Waals surface area contributed by atoms with Gasteiger partial charge in [-0.05, 0) is 47.7 Å². The largest absolute Gasteiger partial charge is 0.484 e. The SMILES string of the molecule is C[C@@H](NC(=O)COc1ccc(C(C)(C)C)c(Cl)c1)c1ccc(NS(C)(=O)=O)cc1. The Bertz CT molecular complexity index is 967. The van der Waals surface area contributed by atoms with Crippen molar-refractivity contribution in [1.82, 2.24) is 5.32 Å². The van der Waals surface area contributed by atoms with Gasteiger partial charge < -0.3 is 10.1 Å². The van der Waals surface area contributed by atoms with E-state index in [1.807, 2.05) is 13.0 Å². The number of halogens is 1. The molecule has 2 N–H and O–H groups in total. The zero-order chi connectivity index (χ0) is 21.8. The lowest BCUT2D eigenvalue weighted by Gasteiger charge is -2.21. The van der Waals surface area contributed by atoms with E-state index in [2.05, 4.69) is 30.8 Å². The topological polar surface area (TPSA) is 84.5 Å². The summed E-state index contributed by atoms with van der Waals surface area (Å²) < 4.78 is 30.5. The molecule has 29 heavy (non-hydrogen) atoms. The van der Waals surface area contributed by atoms with Gasteiger partial charge in [-0.3, -0.25) is 9.52 Å². The summed E-state index contributed by atoms with van der Waals surface area (Å²) in [6, 6.07) is 12.0. The fourth-order valence-corrected chi connectivity index (χ4v) is 3.78. The minimum atomic E-state index is -3.32. The molecule has 0 aliphatic carbocycles. The first kappa shape index (κ1) is 23.0. The highest BCUT2D eigenvalue weighted by Gasteiger charge is 2.18. The Balaban J connectivity index is 1.91. The zero-order valence-corrected chi connectivity index (χ0v) is 18.8. The first-order valence-corrected chi connectivity index (χ1v) is 11.4. The summed E-state index contributed by atoms with van der Waals surface area (Å²) in [4.78, 5) is 12.2. The zero-order valence-electron chi connectivity index (χ0n) is 17.2. The molecule has 0 unspecified atom stereocenters. The van der Waals surface area contributed by atoms with E-state index in [1.165, 1.54) is 0 Å². The van der Waals surface area contributed by atoms with Crippen molar-refractivity contribution in [3.05, 3.63) is 58.6 Å². The summed E-state index contributed by atoms with van der Waals surface area (Å²) in [5.74, 6) is 0.258. The molecule has 2 aromatic rings. The van der Waals surface area contributed by atoms with Crippen LogP contribution in [0.1, 0.15) is 44.9 Å². The van der Waals surface area contributed by atoms with Crippen molar-refractivity contribution in [3.8, 4) is 5.75 Å². The molecule has 6 nitrogen and oxygen atoms in total. The Morgan fingerprint density at radius 3 is 2.28 bits per heavy atom. The first-order chi connectivity index (χ1) is 13.3. The lowest BCUT2D eigenvalue weighted by molar-refractivity contribution is -0.123. The molecule has 1 amide bonds. The second-order valence-corrected chi connectivity index (χ2v) is 10.1. The number of sulfonamides is 1. The number of hydrogen-bond acceptors (Lipinski definition) is 4. The lowest BCUT2D eigenvalue weighted by Crippen LogP contribution is -2.31. The third kappa shape index (κ3) is 7.25. The van der Waals surface area contributed by atoms with Gasteiger partial charge >= 0.3 is 0 Å². The molecule has 0 aliphatic heterocycles. The number of ether oxygens (including phenoxy) is 1. The second-order valence-electron chi connectivity index (χ2n) is 7.97. The predicted molar refractivity (Wildman–Crippen MR) is 117 cm³/mol. The molecular formula is C21H27ClN2O4S. The van der Waals surface area contributed by atoms with Crippen molar-refractivity contribution in [2.45, 2.75) is 39.2 Å². The van der Waals surface area contributed by atoms with Gasteiger partial charge in [0.25, 0.3) is 5.91 Å². The molecule has 0 saturated carbocycles. The second kappa shape index (κ2) is 9.05. The summed E-state index contributed by atoms with van der Waals surface area (Å²) in [6.07, 6.45) is 1.09. The number of hydrogen-bond donors (Lipinski definition) is 2. The fraction of sp³-hybridized carbons (Fsp3) is 0.381. The van der Waals surface area contributed by atoms with Crippen molar-refractivity contribution in [3.63, 3.8) is 0 Å². The first-order valence-electron chi connectivity index (χ1n) is 9.15. The van der Waals surface area contributed by atoms with Crippen molar-refractivity contribution in [2.75, 3.05) is 17.6 Å². The van der Waals surface area contributed by atoms with E-state index in [9.17, 15) is 13.2 Å². The van der Waals surface area contributed by atoms with Crippen LogP contribution in [0.25, 0.3) is 0 Å². The maximum Gasteiger partial charge on any atom is 0.258 e. The number of benzene rings is 2. The number of rotatable bonds is 7. The van der Waals surface area contributed by atoms with Gasteiger partial charge in [0, 0.05) is 10.7 Å². The Labute approximate surface area is 177 Å². The van der Waals surface area contributed by atoms with Crippen LogP contribution in [0.2, 0.25) is 5.02 Å². The maximum atomic E-state index is 12.2. The van der Waals surface area contributed by atoms with Gasteiger partial charge in [0.2, 0.25) is 10.0 Å². The minimum Gasteiger partial charge on any atom is -0.484 e. The van der Waals surface area contributed by atoms with Gasteiger partial charge in [-0.2, -0.15) is 0 Å². The minimum absolute atomic E-state index is 0.0746. The Morgan fingerprint density at radius 2 is 1.76 bits per heavy atom. The average molecular weight is 439 g/mol. The maximum absolute atomic E-state index is 12.2. The van der Waals surface area contributed by atoms with Gasteiger partial charge in [-0.25, -0.2) is 8.42 Å². The van der Waals surface area contributed by atoms with Crippen molar-refractivity contribution >= 4 is 33.2 Å². The summed E-state index contributed by atoms with van der Waals surface area (Å²) >= 11 is 6.32. The summed E-state index contributed by atoms with van der Waals surface area (Å²) in [5.41, 5.74) is 2.25. The third-order valence-electron chi connectivity index (χ3n) is 4.21. The van der Waals surface area contributed by atoms with Crippen LogP contribution in [-0.4, -0.2) is 27.2 Å². The molecule has 8 heteroatoms.